The monoisotopic (exact) mass is 472 g/mol. The number of amides is 1. The van der Waals surface area contributed by atoms with Gasteiger partial charge in [0.1, 0.15) is 17.6 Å². The largest absolute Gasteiger partial charge is 0.507 e. The van der Waals surface area contributed by atoms with Gasteiger partial charge in [0.2, 0.25) is 6.79 Å². The second-order valence-corrected chi connectivity index (χ2v) is 8.57. The first-order valence-electron chi connectivity index (χ1n) is 11.2. The fourth-order valence-corrected chi connectivity index (χ4v) is 4.44. The van der Waals surface area contributed by atoms with Crippen LogP contribution < -0.4 is 19.1 Å². The lowest BCUT2D eigenvalue weighted by Crippen LogP contribution is -2.29. The average Bonchev–Trinajstić information content (AvgIpc) is 3.45. The van der Waals surface area contributed by atoms with Gasteiger partial charge in [-0.25, -0.2) is 0 Å². The minimum atomic E-state index is -0.929. The van der Waals surface area contributed by atoms with Crippen LogP contribution in [0.15, 0.2) is 66.4 Å². The van der Waals surface area contributed by atoms with Gasteiger partial charge in [-0.05, 0) is 53.9 Å². The van der Waals surface area contributed by atoms with E-state index in [1.54, 1.807) is 67.9 Å². The van der Waals surface area contributed by atoms with Crippen LogP contribution in [-0.4, -0.2) is 35.7 Å². The number of aliphatic hydroxyl groups is 1. The molecule has 2 aliphatic heterocycles. The number of ketones is 1. The van der Waals surface area contributed by atoms with Gasteiger partial charge in [0.25, 0.3) is 11.7 Å². The Kier molecular flexibility index (Phi) is 5.64. The number of rotatable bonds is 5. The molecule has 1 unspecified atom stereocenters. The van der Waals surface area contributed by atoms with Crippen molar-refractivity contribution < 1.29 is 28.9 Å². The molecule has 1 N–H and O–H groups in total. The van der Waals surface area contributed by atoms with Gasteiger partial charge in [0.15, 0.2) is 11.5 Å². The molecule has 0 spiro atoms. The Morgan fingerprint density at radius 1 is 1.09 bits per heavy atom. The molecule has 1 amide bonds. The third-order valence-electron chi connectivity index (χ3n) is 6.17. The molecule has 1 atom stereocenters. The van der Waals surface area contributed by atoms with Crippen molar-refractivity contribution in [1.82, 2.24) is 4.98 Å². The molecule has 0 saturated carbocycles. The SMILES string of the molecule is COc1ccc(/C(O)=C2\C(=O)C(=O)N(c3ccc4c(c3)OCO4)C2c2ccccn2)cc1C(C)C. The lowest BCUT2D eigenvalue weighted by Gasteiger charge is -2.24. The van der Waals surface area contributed by atoms with E-state index in [1.807, 2.05) is 13.8 Å². The Balaban J connectivity index is 1.69. The minimum absolute atomic E-state index is 0.0359. The third-order valence-corrected chi connectivity index (χ3v) is 6.17. The predicted molar refractivity (Wildman–Crippen MR) is 129 cm³/mol. The highest BCUT2D eigenvalue weighted by Crippen LogP contribution is 2.44. The van der Waals surface area contributed by atoms with E-state index in [9.17, 15) is 14.7 Å². The summed E-state index contributed by atoms with van der Waals surface area (Å²) in [5, 5.41) is 11.4. The maximum atomic E-state index is 13.3. The van der Waals surface area contributed by atoms with E-state index in [4.69, 9.17) is 14.2 Å². The number of benzene rings is 2. The number of aliphatic hydroxyl groups excluding tert-OH is 1. The van der Waals surface area contributed by atoms with Gasteiger partial charge in [-0.1, -0.05) is 19.9 Å². The summed E-state index contributed by atoms with van der Waals surface area (Å²) in [5.74, 6) is -0.0118. The molecule has 8 nitrogen and oxygen atoms in total. The molecule has 3 aromatic rings. The highest BCUT2D eigenvalue weighted by Gasteiger charge is 2.48. The topological polar surface area (TPSA) is 98.2 Å². The molecule has 3 heterocycles. The fourth-order valence-electron chi connectivity index (χ4n) is 4.44. The molecule has 8 heteroatoms. The summed E-state index contributed by atoms with van der Waals surface area (Å²) in [6, 6.07) is 14.5. The summed E-state index contributed by atoms with van der Waals surface area (Å²) in [4.78, 5) is 32.4. The Labute approximate surface area is 202 Å². The first-order valence-corrected chi connectivity index (χ1v) is 11.2. The van der Waals surface area contributed by atoms with Gasteiger partial charge in [-0.15, -0.1) is 0 Å². The maximum Gasteiger partial charge on any atom is 0.300 e. The van der Waals surface area contributed by atoms with E-state index in [-0.39, 0.29) is 24.0 Å². The van der Waals surface area contributed by atoms with Gasteiger partial charge in [0.05, 0.1) is 18.4 Å². The minimum Gasteiger partial charge on any atom is -0.507 e. The lowest BCUT2D eigenvalue weighted by molar-refractivity contribution is -0.132. The Morgan fingerprint density at radius 3 is 2.60 bits per heavy atom. The Morgan fingerprint density at radius 2 is 1.89 bits per heavy atom. The number of Topliss-reactive ketones (excluding diaryl/α,β-unsaturated/α-hetero) is 1. The van der Waals surface area contributed by atoms with Crippen molar-refractivity contribution in [3.05, 3.63) is 83.2 Å². The molecule has 178 valence electrons. The molecule has 5 rings (SSSR count). The van der Waals surface area contributed by atoms with Crippen LogP contribution in [0, 0.1) is 0 Å². The van der Waals surface area contributed by atoms with Crippen LogP contribution in [0.1, 0.15) is 42.6 Å². The zero-order valence-corrected chi connectivity index (χ0v) is 19.5. The third kappa shape index (κ3) is 3.77. The van der Waals surface area contributed by atoms with Crippen molar-refractivity contribution in [3.63, 3.8) is 0 Å². The van der Waals surface area contributed by atoms with Crippen molar-refractivity contribution >= 4 is 23.1 Å². The molecule has 35 heavy (non-hydrogen) atoms. The number of aromatic nitrogens is 1. The van der Waals surface area contributed by atoms with Gasteiger partial charge < -0.3 is 19.3 Å². The van der Waals surface area contributed by atoms with E-state index in [0.717, 1.165) is 5.56 Å². The number of ether oxygens (including phenoxy) is 3. The molecule has 0 bridgehead atoms. The number of methoxy groups -OCH3 is 1. The van der Waals surface area contributed by atoms with E-state index < -0.39 is 17.7 Å². The van der Waals surface area contributed by atoms with Crippen LogP contribution in [0.25, 0.3) is 5.76 Å². The number of carbonyl (C=O) groups is 2. The highest BCUT2D eigenvalue weighted by molar-refractivity contribution is 6.51. The lowest BCUT2D eigenvalue weighted by atomic mass is 9.94. The first-order chi connectivity index (χ1) is 16.9. The molecule has 2 aliphatic rings. The summed E-state index contributed by atoms with van der Waals surface area (Å²) >= 11 is 0. The zero-order valence-electron chi connectivity index (χ0n) is 19.5. The van der Waals surface area contributed by atoms with E-state index in [1.165, 1.54) is 4.90 Å². The molecule has 1 fully saturated rings. The Bertz CT molecular complexity index is 1350. The molecule has 1 saturated heterocycles. The van der Waals surface area contributed by atoms with Gasteiger partial charge in [-0.2, -0.15) is 0 Å². The van der Waals surface area contributed by atoms with Crippen LogP contribution in [0.5, 0.6) is 17.2 Å². The number of pyridine rings is 1. The van der Waals surface area contributed by atoms with Gasteiger partial charge >= 0.3 is 0 Å². The van der Waals surface area contributed by atoms with Gasteiger partial charge in [-0.3, -0.25) is 19.5 Å². The second kappa shape index (κ2) is 8.79. The second-order valence-electron chi connectivity index (χ2n) is 8.57. The summed E-state index contributed by atoms with van der Waals surface area (Å²) in [6.45, 7) is 4.10. The molecule has 2 aromatic carbocycles. The van der Waals surface area contributed by atoms with Crippen LogP contribution >= 0.6 is 0 Å². The summed E-state index contributed by atoms with van der Waals surface area (Å²) in [5.41, 5.74) is 2.13. The van der Waals surface area contributed by atoms with Gasteiger partial charge in [0, 0.05) is 23.5 Å². The van der Waals surface area contributed by atoms with Crippen molar-refractivity contribution in [2.45, 2.75) is 25.8 Å². The predicted octanol–water partition coefficient (Wildman–Crippen LogP) is 4.57. The van der Waals surface area contributed by atoms with Crippen molar-refractivity contribution in [2.75, 3.05) is 18.8 Å². The highest BCUT2D eigenvalue weighted by atomic mass is 16.7. The summed E-state index contributed by atoms with van der Waals surface area (Å²) in [6.07, 6.45) is 1.58. The summed E-state index contributed by atoms with van der Waals surface area (Å²) < 4.78 is 16.3. The average molecular weight is 472 g/mol. The molecular formula is C27H24N2O6. The number of carbonyl (C=O) groups excluding carboxylic acids is 2. The van der Waals surface area contributed by atoms with Crippen LogP contribution in [0.4, 0.5) is 5.69 Å². The van der Waals surface area contributed by atoms with Crippen molar-refractivity contribution in [2.24, 2.45) is 0 Å². The fraction of sp³-hybridized carbons (Fsp3) is 0.222. The van der Waals surface area contributed by atoms with E-state index in [0.29, 0.717) is 34.2 Å². The molecule has 0 radical (unpaired) electrons. The van der Waals surface area contributed by atoms with Crippen molar-refractivity contribution in [3.8, 4) is 17.2 Å². The Hall–Kier alpha value is -4.33. The summed E-state index contributed by atoms with van der Waals surface area (Å²) in [7, 11) is 1.58. The van der Waals surface area contributed by atoms with E-state index >= 15 is 0 Å². The van der Waals surface area contributed by atoms with Crippen LogP contribution in [0.2, 0.25) is 0 Å². The zero-order chi connectivity index (χ0) is 24.7. The van der Waals surface area contributed by atoms with Crippen LogP contribution in [-0.2, 0) is 9.59 Å². The number of fused-ring (bicyclic) bond motifs is 1. The maximum absolute atomic E-state index is 13.3. The standard InChI is InChI=1S/C27H24N2O6/c1-15(2)18-12-16(7-9-20(18)33-3)25(30)23-24(19-6-4-5-11-28-19)29(27(32)26(23)31)17-8-10-21-22(13-17)35-14-34-21/h4-13,15,24,30H,14H2,1-3H3/b25-23+. The number of nitrogens with zero attached hydrogens (tertiary/aromatic N) is 2. The smallest absolute Gasteiger partial charge is 0.300 e. The normalized spacial score (nSPS) is 18.4. The number of hydrogen-bond acceptors (Lipinski definition) is 7. The van der Waals surface area contributed by atoms with Crippen LogP contribution in [0.3, 0.4) is 0 Å². The number of hydrogen-bond donors (Lipinski definition) is 1. The van der Waals surface area contributed by atoms with E-state index in [2.05, 4.69) is 4.98 Å². The van der Waals surface area contributed by atoms with Crippen molar-refractivity contribution in [1.29, 1.82) is 0 Å². The first kappa shape index (κ1) is 22.5. The number of anilines is 1. The molecular weight excluding hydrogens is 448 g/mol. The molecule has 1 aromatic heterocycles. The molecule has 0 aliphatic carbocycles. The quantitative estimate of drug-likeness (QED) is 0.330.